The third-order valence-corrected chi connectivity index (χ3v) is 4.84. The topological polar surface area (TPSA) is 88.9 Å². The number of halogens is 2. The van der Waals surface area contributed by atoms with Crippen LogP contribution in [0.25, 0.3) is 0 Å². The lowest BCUT2D eigenvalue weighted by atomic mass is 10.1. The molecule has 0 fully saturated rings. The number of aromatic nitrogens is 3. The molecule has 0 aliphatic heterocycles. The Balaban J connectivity index is 1.68. The molecule has 2 aromatic carbocycles. The van der Waals surface area contributed by atoms with Gasteiger partial charge in [-0.05, 0) is 62.2 Å². The van der Waals surface area contributed by atoms with Crippen molar-refractivity contribution in [3.63, 3.8) is 0 Å². The first-order chi connectivity index (χ1) is 13.7. The fourth-order valence-electron chi connectivity index (χ4n) is 2.69. The highest BCUT2D eigenvalue weighted by molar-refractivity contribution is 6.35. The summed E-state index contributed by atoms with van der Waals surface area (Å²) < 4.78 is 1.37. The SMILES string of the molecule is Cc1ccc(NC(=O)Cn2nnc(C(=O)Nc3cc(Cl)cc(Cl)c3)c2C)cc1C. The molecule has 29 heavy (non-hydrogen) atoms. The Kier molecular flexibility index (Phi) is 6.20. The molecule has 3 aromatic rings. The average molecular weight is 432 g/mol. The van der Waals surface area contributed by atoms with E-state index in [9.17, 15) is 9.59 Å². The van der Waals surface area contributed by atoms with Gasteiger partial charge in [-0.15, -0.1) is 5.10 Å². The fraction of sp³-hybridized carbons (Fsp3) is 0.200. The summed E-state index contributed by atoms with van der Waals surface area (Å²) in [5, 5.41) is 14.1. The van der Waals surface area contributed by atoms with E-state index in [1.807, 2.05) is 32.0 Å². The Morgan fingerprint density at radius 3 is 2.28 bits per heavy atom. The monoisotopic (exact) mass is 431 g/mol. The van der Waals surface area contributed by atoms with Crippen LogP contribution >= 0.6 is 23.2 Å². The first-order valence-corrected chi connectivity index (χ1v) is 9.53. The number of nitrogens with one attached hydrogen (secondary N) is 2. The third kappa shape index (κ3) is 5.13. The van der Waals surface area contributed by atoms with Gasteiger partial charge >= 0.3 is 0 Å². The molecular weight excluding hydrogens is 413 g/mol. The molecule has 0 unspecified atom stereocenters. The van der Waals surface area contributed by atoms with Crippen LogP contribution in [0, 0.1) is 20.8 Å². The van der Waals surface area contributed by atoms with Crippen molar-refractivity contribution in [2.45, 2.75) is 27.3 Å². The predicted molar refractivity (Wildman–Crippen MR) is 114 cm³/mol. The van der Waals surface area contributed by atoms with Crippen molar-refractivity contribution in [3.8, 4) is 0 Å². The van der Waals surface area contributed by atoms with E-state index in [1.54, 1.807) is 25.1 Å². The van der Waals surface area contributed by atoms with Gasteiger partial charge in [-0.3, -0.25) is 9.59 Å². The Labute approximate surface area is 178 Å². The van der Waals surface area contributed by atoms with E-state index in [0.717, 1.165) is 11.1 Å². The quantitative estimate of drug-likeness (QED) is 0.626. The maximum atomic E-state index is 12.5. The van der Waals surface area contributed by atoms with Crippen molar-refractivity contribution in [2.24, 2.45) is 0 Å². The number of hydrogen-bond acceptors (Lipinski definition) is 4. The molecule has 1 aromatic heterocycles. The van der Waals surface area contributed by atoms with E-state index in [4.69, 9.17) is 23.2 Å². The molecule has 0 radical (unpaired) electrons. The van der Waals surface area contributed by atoms with E-state index in [1.165, 1.54) is 4.68 Å². The van der Waals surface area contributed by atoms with Gasteiger partial charge in [-0.2, -0.15) is 0 Å². The minimum Gasteiger partial charge on any atom is -0.324 e. The molecule has 0 spiro atoms. The van der Waals surface area contributed by atoms with Gasteiger partial charge in [-0.25, -0.2) is 4.68 Å². The number of nitrogens with zero attached hydrogens (tertiary/aromatic N) is 3. The summed E-state index contributed by atoms with van der Waals surface area (Å²) in [5.74, 6) is -0.739. The van der Waals surface area contributed by atoms with Crippen molar-refractivity contribution in [3.05, 3.63) is 69.0 Å². The normalized spacial score (nSPS) is 10.7. The van der Waals surface area contributed by atoms with Crippen molar-refractivity contribution in [1.82, 2.24) is 15.0 Å². The number of carbonyl (C=O) groups excluding carboxylic acids is 2. The summed E-state index contributed by atoms with van der Waals surface area (Å²) >= 11 is 11.9. The second kappa shape index (κ2) is 8.63. The first-order valence-electron chi connectivity index (χ1n) is 8.77. The van der Waals surface area contributed by atoms with E-state index >= 15 is 0 Å². The van der Waals surface area contributed by atoms with Crippen molar-refractivity contribution in [1.29, 1.82) is 0 Å². The molecule has 0 bridgehead atoms. The van der Waals surface area contributed by atoms with Crippen molar-refractivity contribution in [2.75, 3.05) is 10.6 Å². The van der Waals surface area contributed by atoms with Gasteiger partial charge in [0.25, 0.3) is 5.91 Å². The lowest BCUT2D eigenvalue weighted by Gasteiger charge is -2.08. The molecule has 0 saturated carbocycles. The standard InChI is InChI=1S/C20H19Cl2N5O2/c1-11-4-5-16(6-12(11)2)23-18(28)10-27-13(3)19(25-26-27)20(29)24-17-8-14(21)7-15(22)9-17/h4-9H,10H2,1-3H3,(H,23,28)(H,24,29). The summed E-state index contributed by atoms with van der Waals surface area (Å²) in [6, 6.07) is 10.4. The number of rotatable bonds is 5. The summed E-state index contributed by atoms with van der Waals surface area (Å²) in [4.78, 5) is 24.8. The number of benzene rings is 2. The first kappa shape index (κ1) is 20.8. The smallest absolute Gasteiger partial charge is 0.278 e. The second-order valence-corrected chi connectivity index (χ2v) is 7.51. The summed E-state index contributed by atoms with van der Waals surface area (Å²) in [7, 11) is 0. The molecule has 0 saturated heterocycles. The van der Waals surface area contributed by atoms with E-state index in [0.29, 0.717) is 27.1 Å². The van der Waals surface area contributed by atoms with Gasteiger partial charge in [0.1, 0.15) is 6.54 Å². The van der Waals surface area contributed by atoms with Gasteiger partial charge in [0.2, 0.25) is 5.91 Å². The van der Waals surface area contributed by atoms with Crippen molar-refractivity contribution < 1.29 is 9.59 Å². The molecule has 0 aliphatic carbocycles. The van der Waals surface area contributed by atoms with Crippen LogP contribution in [0.4, 0.5) is 11.4 Å². The van der Waals surface area contributed by atoms with Gasteiger partial charge in [-0.1, -0.05) is 34.5 Å². The molecule has 0 aliphatic rings. The summed E-state index contributed by atoms with van der Waals surface area (Å²) in [6.45, 7) is 5.58. The Morgan fingerprint density at radius 2 is 1.62 bits per heavy atom. The molecule has 9 heteroatoms. The van der Waals surface area contributed by atoms with Crippen LogP contribution in [0.15, 0.2) is 36.4 Å². The highest BCUT2D eigenvalue weighted by atomic mass is 35.5. The largest absolute Gasteiger partial charge is 0.324 e. The molecule has 3 rings (SSSR count). The fourth-order valence-corrected chi connectivity index (χ4v) is 3.22. The number of anilines is 2. The number of aryl methyl sites for hydroxylation is 2. The van der Waals surface area contributed by atoms with Gasteiger partial charge in [0.05, 0.1) is 5.69 Å². The molecule has 2 amide bonds. The van der Waals surface area contributed by atoms with Crippen molar-refractivity contribution >= 4 is 46.4 Å². The average Bonchev–Trinajstić information content (AvgIpc) is 2.98. The second-order valence-electron chi connectivity index (χ2n) is 6.64. The molecule has 150 valence electrons. The van der Waals surface area contributed by atoms with Crippen LogP contribution in [-0.4, -0.2) is 26.8 Å². The van der Waals surface area contributed by atoms with E-state index in [2.05, 4.69) is 20.9 Å². The lowest BCUT2D eigenvalue weighted by Crippen LogP contribution is -2.21. The highest BCUT2D eigenvalue weighted by Crippen LogP contribution is 2.23. The zero-order valence-electron chi connectivity index (χ0n) is 16.1. The molecular formula is C20H19Cl2N5O2. The van der Waals surface area contributed by atoms with Crippen LogP contribution in [0.1, 0.15) is 27.3 Å². The van der Waals surface area contributed by atoms with Crippen LogP contribution in [0.5, 0.6) is 0 Å². The molecule has 2 N–H and O–H groups in total. The Bertz CT molecular complexity index is 1070. The zero-order chi connectivity index (χ0) is 21.1. The van der Waals surface area contributed by atoms with E-state index < -0.39 is 5.91 Å². The number of carbonyl (C=O) groups is 2. The van der Waals surface area contributed by atoms with Crippen LogP contribution in [0.3, 0.4) is 0 Å². The molecule has 0 atom stereocenters. The molecule has 1 heterocycles. The summed E-state index contributed by atoms with van der Waals surface area (Å²) in [6.07, 6.45) is 0. The maximum Gasteiger partial charge on any atom is 0.278 e. The van der Waals surface area contributed by atoms with Crippen LogP contribution < -0.4 is 10.6 Å². The van der Waals surface area contributed by atoms with Gasteiger partial charge < -0.3 is 10.6 Å². The van der Waals surface area contributed by atoms with Gasteiger partial charge in [0, 0.05) is 21.4 Å². The lowest BCUT2D eigenvalue weighted by molar-refractivity contribution is -0.117. The zero-order valence-corrected chi connectivity index (χ0v) is 17.6. The Hall–Kier alpha value is -2.90. The van der Waals surface area contributed by atoms with Crippen LogP contribution in [0.2, 0.25) is 10.0 Å². The third-order valence-electron chi connectivity index (χ3n) is 4.40. The van der Waals surface area contributed by atoms with E-state index in [-0.39, 0.29) is 18.1 Å². The summed E-state index contributed by atoms with van der Waals surface area (Å²) in [5.41, 5.74) is 3.94. The predicted octanol–water partition coefficient (Wildman–Crippen LogP) is 4.40. The number of hydrogen-bond donors (Lipinski definition) is 2. The van der Waals surface area contributed by atoms with Crippen LogP contribution in [-0.2, 0) is 11.3 Å². The number of amides is 2. The molecule has 7 nitrogen and oxygen atoms in total. The Morgan fingerprint density at radius 1 is 0.931 bits per heavy atom. The minimum absolute atomic E-state index is 0.0674. The minimum atomic E-state index is -0.471. The highest BCUT2D eigenvalue weighted by Gasteiger charge is 2.18. The van der Waals surface area contributed by atoms with Gasteiger partial charge in [0.15, 0.2) is 5.69 Å². The maximum absolute atomic E-state index is 12.5.